The minimum atomic E-state index is 0.296. The molecule has 0 saturated carbocycles. The molecular formula is C15H19NO. The minimum Gasteiger partial charge on any atom is -0.467 e. The predicted molar refractivity (Wildman–Crippen MR) is 70.0 cm³/mol. The first-order chi connectivity index (χ1) is 8.31. The number of nitrogens with one attached hydrogen (secondary N) is 1. The first kappa shape index (κ1) is 11.9. The quantitative estimate of drug-likeness (QED) is 0.849. The van der Waals surface area contributed by atoms with E-state index in [2.05, 4.69) is 42.6 Å². The molecule has 0 amide bonds. The van der Waals surface area contributed by atoms with Crippen LogP contribution in [0.25, 0.3) is 0 Å². The smallest absolute Gasteiger partial charge is 0.123 e. The molecule has 1 unspecified atom stereocenters. The average Bonchev–Trinajstić information content (AvgIpc) is 2.78. The first-order valence-corrected chi connectivity index (χ1v) is 6.06. The number of rotatable bonds is 5. The van der Waals surface area contributed by atoms with E-state index in [1.165, 1.54) is 11.1 Å². The molecule has 2 aromatic rings. The van der Waals surface area contributed by atoms with Crippen molar-refractivity contribution in [3.05, 3.63) is 59.5 Å². The van der Waals surface area contributed by atoms with Gasteiger partial charge in [-0.25, -0.2) is 0 Å². The van der Waals surface area contributed by atoms with Crippen molar-refractivity contribution in [2.75, 3.05) is 7.05 Å². The molecule has 0 aliphatic rings. The number of hydrogen-bond donors (Lipinski definition) is 1. The van der Waals surface area contributed by atoms with E-state index in [9.17, 15) is 0 Å². The van der Waals surface area contributed by atoms with Crippen molar-refractivity contribution in [1.82, 2.24) is 5.32 Å². The van der Waals surface area contributed by atoms with Crippen LogP contribution < -0.4 is 5.32 Å². The monoisotopic (exact) mass is 229 g/mol. The lowest BCUT2D eigenvalue weighted by molar-refractivity contribution is 0.412. The fraction of sp³-hybridized carbons (Fsp3) is 0.333. The van der Waals surface area contributed by atoms with Crippen LogP contribution >= 0.6 is 0 Å². The molecule has 1 N–H and O–H groups in total. The zero-order valence-corrected chi connectivity index (χ0v) is 10.4. The maximum Gasteiger partial charge on any atom is 0.123 e. The topological polar surface area (TPSA) is 25.2 Å². The number of furan rings is 1. The van der Waals surface area contributed by atoms with Crippen molar-refractivity contribution in [2.24, 2.45) is 0 Å². The van der Waals surface area contributed by atoms with Crippen LogP contribution in [0.3, 0.4) is 0 Å². The standard InChI is InChI=1S/C15H19NO/c1-12-10-11-17-15(12)14(16-2)9-8-13-6-4-3-5-7-13/h3-7,10-11,14,16H,8-9H2,1-2H3. The van der Waals surface area contributed by atoms with E-state index in [1.807, 2.05) is 13.1 Å². The summed E-state index contributed by atoms with van der Waals surface area (Å²) in [5.74, 6) is 1.06. The van der Waals surface area contributed by atoms with E-state index in [0.29, 0.717) is 6.04 Å². The molecule has 2 heteroatoms. The molecule has 0 fully saturated rings. The van der Waals surface area contributed by atoms with Crippen molar-refractivity contribution in [3.8, 4) is 0 Å². The highest BCUT2D eigenvalue weighted by Crippen LogP contribution is 2.22. The molecule has 0 saturated heterocycles. The van der Waals surface area contributed by atoms with E-state index in [-0.39, 0.29) is 0 Å². The van der Waals surface area contributed by atoms with Gasteiger partial charge in [0.1, 0.15) is 5.76 Å². The van der Waals surface area contributed by atoms with Gasteiger partial charge < -0.3 is 9.73 Å². The molecule has 0 aliphatic carbocycles. The van der Waals surface area contributed by atoms with Crippen molar-refractivity contribution >= 4 is 0 Å². The molecule has 17 heavy (non-hydrogen) atoms. The number of aryl methyl sites for hydroxylation is 2. The average molecular weight is 229 g/mol. The van der Waals surface area contributed by atoms with Crippen molar-refractivity contribution < 1.29 is 4.42 Å². The minimum absolute atomic E-state index is 0.296. The van der Waals surface area contributed by atoms with Crippen LogP contribution in [0.4, 0.5) is 0 Å². The van der Waals surface area contributed by atoms with Gasteiger partial charge >= 0.3 is 0 Å². The fourth-order valence-electron chi connectivity index (χ4n) is 2.10. The molecule has 1 atom stereocenters. The Labute approximate surface area is 103 Å². The third-order valence-electron chi connectivity index (χ3n) is 3.13. The van der Waals surface area contributed by atoms with Gasteiger partial charge in [0.05, 0.1) is 12.3 Å². The van der Waals surface area contributed by atoms with Crippen LogP contribution in [0.1, 0.15) is 29.3 Å². The summed E-state index contributed by atoms with van der Waals surface area (Å²) in [5.41, 5.74) is 2.59. The Morgan fingerprint density at radius 1 is 1.18 bits per heavy atom. The van der Waals surface area contributed by atoms with Gasteiger partial charge in [-0.2, -0.15) is 0 Å². The molecule has 2 rings (SSSR count). The highest BCUT2D eigenvalue weighted by atomic mass is 16.3. The highest BCUT2D eigenvalue weighted by Gasteiger charge is 2.14. The van der Waals surface area contributed by atoms with Crippen molar-refractivity contribution in [2.45, 2.75) is 25.8 Å². The lowest BCUT2D eigenvalue weighted by atomic mass is 10.0. The predicted octanol–water partition coefficient (Wildman–Crippen LogP) is 3.48. The van der Waals surface area contributed by atoms with Gasteiger partial charge in [-0.1, -0.05) is 30.3 Å². The molecule has 0 bridgehead atoms. The summed E-state index contributed by atoms with van der Waals surface area (Å²) in [6, 6.07) is 12.9. The molecular weight excluding hydrogens is 210 g/mol. The Hall–Kier alpha value is -1.54. The van der Waals surface area contributed by atoms with E-state index in [4.69, 9.17) is 4.42 Å². The van der Waals surface area contributed by atoms with Gasteiger partial charge in [-0.3, -0.25) is 0 Å². The number of benzene rings is 1. The van der Waals surface area contributed by atoms with Crippen LogP contribution in [0.5, 0.6) is 0 Å². The maximum atomic E-state index is 5.54. The van der Waals surface area contributed by atoms with Crippen LogP contribution in [-0.4, -0.2) is 7.05 Å². The molecule has 1 aromatic heterocycles. The summed E-state index contributed by atoms with van der Waals surface area (Å²) in [7, 11) is 1.98. The van der Waals surface area contributed by atoms with E-state index in [0.717, 1.165) is 18.6 Å². The molecule has 0 spiro atoms. The van der Waals surface area contributed by atoms with Gasteiger partial charge in [0.15, 0.2) is 0 Å². The Morgan fingerprint density at radius 3 is 2.53 bits per heavy atom. The van der Waals surface area contributed by atoms with Crippen molar-refractivity contribution in [3.63, 3.8) is 0 Å². The second-order valence-corrected chi connectivity index (χ2v) is 4.33. The van der Waals surface area contributed by atoms with E-state index < -0.39 is 0 Å². The summed E-state index contributed by atoms with van der Waals surface area (Å²) in [4.78, 5) is 0. The Morgan fingerprint density at radius 2 is 1.94 bits per heavy atom. The molecule has 2 nitrogen and oxygen atoms in total. The lowest BCUT2D eigenvalue weighted by Crippen LogP contribution is -2.17. The lowest BCUT2D eigenvalue weighted by Gasteiger charge is -2.14. The van der Waals surface area contributed by atoms with Crippen molar-refractivity contribution in [1.29, 1.82) is 0 Å². The maximum absolute atomic E-state index is 5.54. The van der Waals surface area contributed by atoms with Gasteiger partial charge in [-0.15, -0.1) is 0 Å². The third-order valence-corrected chi connectivity index (χ3v) is 3.13. The van der Waals surface area contributed by atoms with Crippen LogP contribution in [-0.2, 0) is 6.42 Å². The summed E-state index contributed by atoms with van der Waals surface area (Å²) in [5, 5.41) is 3.32. The highest BCUT2D eigenvalue weighted by molar-refractivity contribution is 5.19. The zero-order valence-electron chi connectivity index (χ0n) is 10.4. The van der Waals surface area contributed by atoms with Gasteiger partial charge in [0.25, 0.3) is 0 Å². The van der Waals surface area contributed by atoms with Gasteiger partial charge in [-0.05, 0) is 44.0 Å². The number of hydrogen-bond acceptors (Lipinski definition) is 2. The summed E-state index contributed by atoms with van der Waals surface area (Å²) >= 11 is 0. The first-order valence-electron chi connectivity index (χ1n) is 6.06. The second-order valence-electron chi connectivity index (χ2n) is 4.33. The molecule has 0 aliphatic heterocycles. The molecule has 0 radical (unpaired) electrons. The molecule has 1 heterocycles. The molecule has 90 valence electrons. The Kier molecular flexibility index (Phi) is 3.99. The zero-order chi connectivity index (χ0) is 12.1. The largest absolute Gasteiger partial charge is 0.467 e. The summed E-state index contributed by atoms with van der Waals surface area (Å²) < 4.78 is 5.54. The molecule has 1 aromatic carbocycles. The van der Waals surface area contributed by atoms with Gasteiger partial charge in [0, 0.05) is 0 Å². The third kappa shape index (κ3) is 2.98. The van der Waals surface area contributed by atoms with Crippen LogP contribution in [0.15, 0.2) is 47.1 Å². The Balaban J connectivity index is 2.00. The normalized spacial score (nSPS) is 12.6. The van der Waals surface area contributed by atoms with E-state index in [1.54, 1.807) is 6.26 Å². The summed E-state index contributed by atoms with van der Waals surface area (Å²) in [6.45, 7) is 2.09. The Bertz CT molecular complexity index is 447. The second kappa shape index (κ2) is 5.69. The SMILES string of the molecule is CNC(CCc1ccccc1)c1occc1C. The van der Waals surface area contributed by atoms with E-state index >= 15 is 0 Å². The van der Waals surface area contributed by atoms with Crippen LogP contribution in [0, 0.1) is 6.92 Å². The fourth-order valence-corrected chi connectivity index (χ4v) is 2.10. The summed E-state index contributed by atoms with van der Waals surface area (Å²) in [6.07, 6.45) is 3.87. The van der Waals surface area contributed by atoms with Gasteiger partial charge in [0.2, 0.25) is 0 Å². The van der Waals surface area contributed by atoms with Crippen LogP contribution in [0.2, 0.25) is 0 Å².